The maximum Gasteiger partial charge on any atom is 0.119 e. The highest BCUT2D eigenvalue weighted by Crippen LogP contribution is 2.30. The van der Waals surface area contributed by atoms with E-state index in [1.54, 1.807) is 7.11 Å². The van der Waals surface area contributed by atoms with Crippen LogP contribution in [0.4, 0.5) is 0 Å². The number of methoxy groups -OCH3 is 1. The van der Waals surface area contributed by atoms with Crippen LogP contribution in [0.1, 0.15) is 17.5 Å². The average Bonchev–Trinajstić information content (AvgIpc) is 3.10. The number of hydrogen-bond acceptors (Lipinski definition) is 3. The van der Waals surface area contributed by atoms with E-state index in [1.165, 1.54) is 32.9 Å². The number of fused-ring (bicyclic) bond motifs is 3. The van der Waals surface area contributed by atoms with Gasteiger partial charge in [-0.3, -0.25) is 0 Å². The summed E-state index contributed by atoms with van der Waals surface area (Å²) in [5.41, 5.74) is 5.29. The fourth-order valence-corrected chi connectivity index (χ4v) is 4.29. The maximum absolute atomic E-state index is 5.32. The van der Waals surface area contributed by atoms with E-state index in [0.29, 0.717) is 0 Å². The third-order valence-corrected chi connectivity index (χ3v) is 5.88. The largest absolute Gasteiger partial charge is 0.497 e. The lowest BCUT2D eigenvalue weighted by molar-refractivity contribution is 0.389. The molecule has 0 bridgehead atoms. The first-order chi connectivity index (χ1) is 15.2. The molecule has 0 fully saturated rings. The number of benzene rings is 3. The molecule has 4 nitrogen and oxygen atoms in total. The average molecular weight is 416 g/mol. The minimum absolute atomic E-state index is 0.875. The zero-order valence-electron chi connectivity index (χ0n) is 18.9. The van der Waals surface area contributed by atoms with Crippen molar-refractivity contribution < 1.29 is 4.74 Å². The standard InChI is InChI=1S/C27H33N3O/c1-29(2)16-7-17-30-26-11-5-4-10-24(26)25-19-22(12-13-27(25)30)20-28-15-14-21-8-6-9-23(18-21)31-3/h4-6,8-13,18-19,28H,7,14-17,20H2,1-3H3. The number of ether oxygens (including phenoxy) is 1. The van der Waals surface area contributed by atoms with Gasteiger partial charge in [-0.05, 0) is 81.5 Å². The van der Waals surface area contributed by atoms with Crippen molar-refractivity contribution in [2.75, 3.05) is 34.3 Å². The van der Waals surface area contributed by atoms with Gasteiger partial charge in [0.05, 0.1) is 7.11 Å². The van der Waals surface area contributed by atoms with Crippen LogP contribution in [-0.2, 0) is 19.5 Å². The second kappa shape index (κ2) is 9.99. The van der Waals surface area contributed by atoms with Gasteiger partial charge in [0.15, 0.2) is 0 Å². The van der Waals surface area contributed by atoms with Crippen LogP contribution in [0.3, 0.4) is 0 Å². The van der Waals surface area contributed by atoms with Crippen molar-refractivity contribution in [2.45, 2.75) is 25.9 Å². The summed E-state index contributed by atoms with van der Waals surface area (Å²) < 4.78 is 7.80. The molecule has 0 aliphatic heterocycles. The van der Waals surface area contributed by atoms with Gasteiger partial charge in [-0.15, -0.1) is 0 Å². The van der Waals surface area contributed by atoms with Crippen molar-refractivity contribution in [3.8, 4) is 5.75 Å². The number of nitrogens with one attached hydrogen (secondary N) is 1. The molecular formula is C27H33N3O. The molecule has 1 aromatic heterocycles. The zero-order chi connectivity index (χ0) is 21.6. The summed E-state index contributed by atoms with van der Waals surface area (Å²) >= 11 is 0. The van der Waals surface area contributed by atoms with E-state index >= 15 is 0 Å². The van der Waals surface area contributed by atoms with Gasteiger partial charge in [-0.2, -0.15) is 0 Å². The quantitative estimate of drug-likeness (QED) is 0.366. The molecule has 1 heterocycles. The van der Waals surface area contributed by atoms with E-state index in [0.717, 1.165) is 44.8 Å². The minimum Gasteiger partial charge on any atom is -0.497 e. The van der Waals surface area contributed by atoms with Crippen LogP contribution in [-0.4, -0.2) is 43.8 Å². The Morgan fingerprint density at radius 3 is 2.55 bits per heavy atom. The van der Waals surface area contributed by atoms with Crippen LogP contribution >= 0.6 is 0 Å². The van der Waals surface area contributed by atoms with Gasteiger partial charge in [-0.1, -0.05) is 36.4 Å². The van der Waals surface area contributed by atoms with Crippen molar-refractivity contribution in [3.05, 3.63) is 77.9 Å². The van der Waals surface area contributed by atoms with E-state index < -0.39 is 0 Å². The number of nitrogens with zero attached hydrogens (tertiary/aromatic N) is 2. The molecule has 0 radical (unpaired) electrons. The smallest absolute Gasteiger partial charge is 0.119 e. The predicted molar refractivity (Wildman–Crippen MR) is 131 cm³/mol. The fraction of sp³-hybridized carbons (Fsp3) is 0.333. The van der Waals surface area contributed by atoms with Gasteiger partial charge >= 0.3 is 0 Å². The van der Waals surface area contributed by atoms with Gasteiger partial charge < -0.3 is 19.5 Å². The first-order valence-electron chi connectivity index (χ1n) is 11.1. The first kappa shape index (κ1) is 21.4. The molecule has 0 aliphatic rings. The van der Waals surface area contributed by atoms with Gasteiger partial charge in [0, 0.05) is 34.9 Å². The first-order valence-corrected chi connectivity index (χ1v) is 11.1. The molecule has 4 aromatic rings. The fourth-order valence-electron chi connectivity index (χ4n) is 4.29. The maximum atomic E-state index is 5.32. The Morgan fingerprint density at radius 2 is 1.71 bits per heavy atom. The lowest BCUT2D eigenvalue weighted by atomic mass is 10.1. The molecule has 0 unspecified atom stereocenters. The summed E-state index contributed by atoms with van der Waals surface area (Å²) in [5, 5.41) is 6.30. The Labute approximate surface area is 185 Å². The molecule has 0 atom stereocenters. The third-order valence-electron chi connectivity index (χ3n) is 5.88. The van der Waals surface area contributed by atoms with Crippen LogP contribution in [0.2, 0.25) is 0 Å². The van der Waals surface area contributed by atoms with E-state index in [4.69, 9.17) is 4.74 Å². The van der Waals surface area contributed by atoms with Crippen LogP contribution in [0.15, 0.2) is 66.7 Å². The summed E-state index contributed by atoms with van der Waals surface area (Å²) in [4.78, 5) is 2.25. The van der Waals surface area contributed by atoms with Crippen molar-refractivity contribution in [1.82, 2.24) is 14.8 Å². The summed E-state index contributed by atoms with van der Waals surface area (Å²) in [6.45, 7) is 3.96. The number of rotatable bonds is 10. The lowest BCUT2D eigenvalue weighted by Crippen LogP contribution is -2.16. The van der Waals surface area contributed by atoms with Crippen LogP contribution in [0.25, 0.3) is 21.8 Å². The Hall–Kier alpha value is -2.82. The van der Waals surface area contributed by atoms with E-state index in [9.17, 15) is 0 Å². The second-order valence-electron chi connectivity index (χ2n) is 8.46. The number of aryl methyl sites for hydroxylation is 1. The Bertz CT molecular complexity index is 1150. The number of aromatic nitrogens is 1. The van der Waals surface area contributed by atoms with Crippen molar-refractivity contribution in [1.29, 1.82) is 0 Å². The summed E-state index contributed by atoms with van der Waals surface area (Å²) in [6.07, 6.45) is 2.14. The summed E-state index contributed by atoms with van der Waals surface area (Å²) in [5.74, 6) is 0.921. The zero-order valence-corrected chi connectivity index (χ0v) is 18.9. The molecule has 162 valence electrons. The summed E-state index contributed by atoms with van der Waals surface area (Å²) in [6, 6.07) is 24.0. The van der Waals surface area contributed by atoms with Gasteiger partial charge in [-0.25, -0.2) is 0 Å². The van der Waals surface area contributed by atoms with E-state index in [2.05, 4.69) is 89.5 Å². The van der Waals surface area contributed by atoms with Crippen molar-refractivity contribution in [2.24, 2.45) is 0 Å². The lowest BCUT2D eigenvalue weighted by Gasteiger charge is -2.12. The second-order valence-corrected chi connectivity index (χ2v) is 8.46. The monoisotopic (exact) mass is 415 g/mol. The molecule has 0 aliphatic carbocycles. The SMILES string of the molecule is COc1cccc(CCNCc2ccc3c(c2)c2ccccc2n3CCCN(C)C)c1. The predicted octanol–water partition coefficient (Wildman–Crippen LogP) is 5.09. The van der Waals surface area contributed by atoms with Gasteiger partial charge in [0.25, 0.3) is 0 Å². The molecule has 1 N–H and O–H groups in total. The molecule has 4 rings (SSSR count). The molecule has 0 saturated carbocycles. The van der Waals surface area contributed by atoms with Gasteiger partial charge in [0.1, 0.15) is 5.75 Å². The highest BCUT2D eigenvalue weighted by atomic mass is 16.5. The van der Waals surface area contributed by atoms with Crippen LogP contribution in [0, 0.1) is 0 Å². The molecular weight excluding hydrogens is 382 g/mol. The van der Waals surface area contributed by atoms with E-state index in [-0.39, 0.29) is 0 Å². The third kappa shape index (κ3) is 5.09. The Balaban J connectivity index is 1.46. The van der Waals surface area contributed by atoms with Gasteiger partial charge in [0.2, 0.25) is 0 Å². The summed E-state index contributed by atoms with van der Waals surface area (Å²) in [7, 11) is 5.99. The molecule has 31 heavy (non-hydrogen) atoms. The van der Waals surface area contributed by atoms with Crippen LogP contribution in [0.5, 0.6) is 5.75 Å². The molecule has 0 saturated heterocycles. The topological polar surface area (TPSA) is 29.4 Å². The highest BCUT2D eigenvalue weighted by Gasteiger charge is 2.11. The van der Waals surface area contributed by atoms with Crippen LogP contribution < -0.4 is 10.1 Å². The van der Waals surface area contributed by atoms with Crippen molar-refractivity contribution >= 4 is 21.8 Å². The highest BCUT2D eigenvalue weighted by molar-refractivity contribution is 6.08. The molecule has 3 aromatic carbocycles. The number of hydrogen-bond donors (Lipinski definition) is 1. The molecule has 0 amide bonds. The number of para-hydroxylation sites is 1. The minimum atomic E-state index is 0.875. The normalized spacial score (nSPS) is 11.6. The Kier molecular flexibility index (Phi) is 6.90. The Morgan fingerprint density at radius 1 is 0.871 bits per heavy atom. The molecule has 0 spiro atoms. The van der Waals surface area contributed by atoms with E-state index in [1.807, 2.05) is 6.07 Å². The molecule has 4 heteroatoms. The van der Waals surface area contributed by atoms with Crippen molar-refractivity contribution in [3.63, 3.8) is 0 Å².